The summed E-state index contributed by atoms with van der Waals surface area (Å²) in [4.78, 5) is 12.2. The molecule has 2 aromatic heterocycles. The summed E-state index contributed by atoms with van der Waals surface area (Å²) in [6.07, 6.45) is -3.42. The molecule has 0 spiro atoms. The van der Waals surface area contributed by atoms with Crippen molar-refractivity contribution >= 4 is 17.0 Å². The van der Waals surface area contributed by atoms with Gasteiger partial charge in [0.25, 0.3) is 0 Å². The van der Waals surface area contributed by atoms with Gasteiger partial charge in [-0.15, -0.1) is 0 Å². The van der Waals surface area contributed by atoms with Gasteiger partial charge in [-0.2, -0.15) is 0 Å². The topological polar surface area (TPSA) is 160 Å². The number of fused-ring (bicyclic) bond motifs is 1. The molecule has 0 bridgehead atoms. The average molecular weight is 325 g/mol. The Morgan fingerprint density at radius 1 is 1.30 bits per heavy atom. The second kappa shape index (κ2) is 5.35. The van der Waals surface area contributed by atoms with Crippen molar-refractivity contribution in [3.05, 3.63) is 12.2 Å². The third-order valence-electron chi connectivity index (χ3n) is 3.82. The molecule has 2 aromatic rings. The fourth-order valence-corrected chi connectivity index (χ4v) is 2.69. The summed E-state index contributed by atoms with van der Waals surface area (Å²) >= 11 is 0. The molecule has 3 heterocycles. The quantitative estimate of drug-likeness (QED) is 0.440. The first-order chi connectivity index (χ1) is 10.8. The Labute approximate surface area is 131 Å². The first-order valence-electron chi connectivity index (χ1n) is 7.09. The first kappa shape index (κ1) is 16.0. The van der Waals surface area contributed by atoms with Gasteiger partial charge in [0.1, 0.15) is 36.1 Å². The number of ether oxygens (including phenoxy) is 1. The monoisotopic (exact) mass is 325 g/mol. The van der Waals surface area contributed by atoms with Crippen LogP contribution in [-0.2, 0) is 10.3 Å². The third kappa shape index (κ3) is 2.44. The van der Waals surface area contributed by atoms with Crippen LogP contribution in [0.5, 0.6) is 0 Å². The highest BCUT2D eigenvalue weighted by molar-refractivity contribution is 5.82. The number of nitrogens with two attached hydrogens (primary N) is 1. The molecule has 10 heteroatoms. The molecular formula is C13H19N5O5. The number of nitrogen functional groups attached to an aromatic ring is 1. The zero-order chi connectivity index (χ0) is 16.9. The lowest BCUT2D eigenvalue weighted by Crippen LogP contribution is -2.34. The van der Waals surface area contributed by atoms with E-state index in [-0.39, 0.29) is 22.8 Å². The summed E-state index contributed by atoms with van der Waals surface area (Å²) in [7, 11) is 0. The van der Waals surface area contributed by atoms with Crippen molar-refractivity contribution in [3.63, 3.8) is 0 Å². The van der Waals surface area contributed by atoms with E-state index in [0.717, 1.165) is 0 Å². The van der Waals surface area contributed by atoms with Gasteiger partial charge in [-0.25, -0.2) is 15.0 Å². The molecule has 4 atom stereocenters. The van der Waals surface area contributed by atoms with E-state index in [4.69, 9.17) is 10.5 Å². The summed E-state index contributed by atoms with van der Waals surface area (Å²) in [6.45, 7) is 2.56. The molecule has 126 valence electrons. The van der Waals surface area contributed by atoms with E-state index >= 15 is 0 Å². The number of rotatable bonds is 3. The Hall–Kier alpha value is -1.85. The van der Waals surface area contributed by atoms with Crippen molar-refractivity contribution in [1.29, 1.82) is 0 Å². The third-order valence-corrected chi connectivity index (χ3v) is 3.82. The average Bonchev–Trinajstić information content (AvgIpc) is 2.99. The predicted octanol–water partition coefficient (Wildman–Crippen LogP) is -1.75. The maximum absolute atomic E-state index is 10.4. The molecule has 10 nitrogen and oxygen atoms in total. The minimum atomic E-state index is -1.39. The molecule has 1 aliphatic rings. The van der Waals surface area contributed by atoms with Crippen LogP contribution in [0.25, 0.3) is 11.2 Å². The highest BCUT2D eigenvalue weighted by atomic mass is 16.6. The molecular weight excluding hydrogens is 306 g/mol. The molecule has 0 aromatic carbocycles. The molecule has 0 saturated carbocycles. The number of aliphatic hydroxyl groups is 4. The number of hydrogen-bond donors (Lipinski definition) is 5. The SMILES string of the molecule is CC(C)(O)c1nc2c(N)ncnc2n1[C@@H]1O[C@H](CO)[C@@H](O)[C@H]1O. The number of aromatic nitrogens is 4. The van der Waals surface area contributed by atoms with Crippen LogP contribution in [-0.4, -0.2) is 64.9 Å². The predicted molar refractivity (Wildman–Crippen MR) is 78.0 cm³/mol. The van der Waals surface area contributed by atoms with Crippen molar-refractivity contribution in [2.75, 3.05) is 12.3 Å². The molecule has 0 radical (unpaired) electrons. The van der Waals surface area contributed by atoms with Crippen LogP contribution in [0.2, 0.25) is 0 Å². The molecule has 6 N–H and O–H groups in total. The van der Waals surface area contributed by atoms with E-state index < -0.39 is 36.7 Å². The van der Waals surface area contributed by atoms with E-state index in [1.807, 2.05) is 0 Å². The number of hydrogen-bond acceptors (Lipinski definition) is 9. The number of anilines is 1. The largest absolute Gasteiger partial charge is 0.394 e. The van der Waals surface area contributed by atoms with Gasteiger partial charge in [0.05, 0.1) is 6.61 Å². The van der Waals surface area contributed by atoms with Gasteiger partial charge in [-0.1, -0.05) is 0 Å². The Morgan fingerprint density at radius 2 is 2.00 bits per heavy atom. The second-order valence-electron chi connectivity index (χ2n) is 6.02. The number of imidazole rings is 1. The molecule has 23 heavy (non-hydrogen) atoms. The molecule has 3 rings (SSSR count). The lowest BCUT2D eigenvalue weighted by Gasteiger charge is -2.24. The minimum absolute atomic E-state index is 0.117. The molecule has 1 fully saturated rings. The van der Waals surface area contributed by atoms with Crippen LogP contribution < -0.4 is 5.73 Å². The normalized spacial score (nSPS) is 28.6. The van der Waals surface area contributed by atoms with E-state index in [1.165, 1.54) is 24.7 Å². The van der Waals surface area contributed by atoms with Gasteiger partial charge in [-0.3, -0.25) is 4.57 Å². The van der Waals surface area contributed by atoms with E-state index in [0.29, 0.717) is 0 Å². The standard InChI is InChI=1S/C13H19N5O5/c1-13(2,22)12-17-6-9(14)15-4-16-10(6)18(12)11-8(21)7(20)5(3-19)23-11/h4-5,7-8,11,19-22H,3H2,1-2H3,(H2,14,15,16)/t5-,7-,8-,11-/m1/s1. The fraction of sp³-hybridized carbons (Fsp3) is 0.615. The second-order valence-corrected chi connectivity index (χ2v) is 6.02. The van der Waals surface area contributed by atoms with Crippen LogP contribution in [0.1, 0.15) is 25.9 Å². The van der Waals surface area contributed by atoms with Crippen molar-refractivity contribution in [3.8, 4) is 0 Å². The minimum Gasteiger partial charge on any atom is -0.394 e. The Morgan fingerprint density at radius 3 is 2.57 bits per heavy atom. The van der Waals surface area contributed by atoms with Crippen LogP contribution >= 0.6 is 0 Å². The van der Waals surface area contributed by atoms with Crippen molar-refractivity contribution in [1.82, 2.24) is 19.5 Å². The summed E-state index contributed by atoms with van der Waals surface area (Å²) in [5, 5.41) is 39.8. The van der Waals surface area contributed by atoms with E-state index in [9.17, 15) is 20.4 Å². The summed E-state index contributed by atoms with van der Waals surface area (Å²) in [5.41, 5.74) is 4.91. The lowest BCUT2D eigenvalue weighted by atomic mass is 10.1. The zero-order valence-electron chi connectivity index (χ0n) is 12.7. The fourth-order valence-electron chi connectivity index (χ4n) is 2.69. The van der Waals surface area contributed by atoms with Crippen LogP contribution in [0, 0.1) is 0 Å². The van der Waals surface area contributed by atoms with E-state index in [2.05, 4.69) is 15.0 Å². The Kier molecular flexibility index (Phi) is 3.73. The maximum Gasteiger partial charge on any atom is 0.167 e. The smallest absolute Gasteiger partial charge is 0.167 e. The zero-order valence-corrected chi connectivity index (χ0v) is 12.7. The van der Waals surface area contributed by atoms with Crippen molar-refractivity contribution in [2.24, 2.45) is 0 Å². The van der Waals surface area contributed by atoms with Gasteiger partial charge in [0.15, 0.2) is 23.2 Å². The Bertz CT molecular complexity index is 727. The van der Waals surface area contributed by atoms with Crippen molar-refractivity contribution < 1.29 is 25.2 Å². The highest BCUT2D eigenvalue weighted by Crippen LogP contribution is 2.36. The van der Waals surface area contributed by atoms with Crippen LogP contribution in [0.4, 0.5) is 5.82 Å². The molecule has 0 aliphatic carbocycles. The van der Waals surface area contributed by atoms with Crippen LogP contribution in [0.3, 0.4) is 0 Å². The summed E-state index contributed by atoms with van der Waals surface area (Å²) in [5.74, 6) is 0.264. The summed E-state index contributed by atoms with van der Waals surface area (Å²) < 4.78 is 6.90. The number of aliphatic hydroxyl groups excluding tert-OH is 3. The molecule has 1 aliphatic heterocycles. The lowest BCUT2D eigenvalue weighted by molar-refractivity contribution is -0.0582. The van der Waals surface area contributed by atoms with Gasteiger partial charge < -0.3 is 30.9 Å². The molecule has 0 amide bonds. The number of nitrogens with zero attached hydrogens (tertiary/aromatic N) is 4. The molecule has 0 unspecified atom stereocenters. The van der Waals surface area contributed by atoms with Gasteiger partial charge in [-0.05, 0) is 13.8 Å². The van der Waals surface area contributed by atoms with Gasteiger partial charge >= 0.3 is 0 Å². The highest BCUT2D eigenvalue weighted by Gasteiger charge is 2.46. The molecule has 1 saturated heterocycles. The Balaban J connectivity index is 2.22. The van der Waals surface area contributed by atoms with Gasteiger partial charge in [0.2, 0.25) is 0 Å². The van der Waals surface area contributed by atoms with E-state index in [1.54, 1.807) is 0 Å². The van der Waals surface area contributed by atoms with Crippen LogP contribution in [0.15, 0.2) is 6.33 Å². The summed E-state index contributed by atoms with van der Waals surface area (Å²) in [6, 6.07) is 0. The van der Waals surface area contributed by atoms with Crippen molar-refractivity contribution in [2.45, 2.75) is 44.0 Å². The first-order valence-corrected chi connectivity index (χ1v) is 7.09. The van der Waals surface area contributed by atoms with Gasteiger partial charge in [0, 0.05) is 0 Å². The maximum atomic E-state index is 10.4.